The first-order chi connectivity index (χ1) is 12.6. The van der Waals surface area contributed by atoms with E-state index in [9.17, 15) is 4.79 Å². The Balaban J connectivity index is 1.47. The van der Waals surface area contributed by atoms with Crippen LogP contribution in [-0.2, 0) is 9.53 Å². The first-order valence-corrected chi connectivity index (χ1v) is 9.91. The number of nitrogens with one attached hydrogen (secondary N) is 1. The largest absolute Gasteiger partial charge is 0.381 e. The van der Waals surface area contributed by atoms with Gasteiger partial charge in [-0.05, 0) is 50.7 Å². The topological polar surface area (TPSA) is 57.7 Å². The Hall–Kier alpha value is -1.82. The van der Waals surface area contributed by atoms with E-state index in [4.69, 9.17) is 4.74 Å². The molecule has 6 heteroatoms. The number of aromatic nitrogens is 1. The van der Waals surface area contributed by atoms with E-state index in [1.807, 2.05) is 36.2 Å². The van der Waals surface area contributed by atoms with E-state index in [1.165, 1.54) is 6.42 Å². The fourth-order valence-electron chi connectivity index (χ4n) is 3.75. The molecule has 0 spiro atoms. The van der Waals surface area contributed by atoms with Gasteiger partial charge in [0.25, 0.3) is 0 Å². The Labute approximate surface area is 156 Å². The number of carbonyl (C=O) groups is 1. The highest BCUT2D eigenvalue weighted by Gasteiger charge is 2.24. The van der Waals surface area contributed by atoms with E-state index in [0.717, 1.165) is 63.3 Å². The molecule has 3 rings (SSSR count). The zero-order chi connectivity index (χ0) is 18.4. The van der Waals surface area contributed by atoms with Crippen LogP contribution in [0.25, 0.3) is 0 Å². The van der Waals surface area contributed by atoms with Gasteiger partial charge in [-0.3, -0.25) is 4.79 Å². The number of carbonyl (C=O) groups excluding carboxylic acids is 1. The highest BCUT2D eigenvalue weighted by atomic mass is 16.5. The van der Waals surface area contributed by atoms with Crippen molar-refractivity contribution in [1.82, 2.24) is 9.88 Å². The number of rotatable bonds is 5. The first kappa shape index (κ1) is 19.0. The van der Waals surface area contributed by atoms with Crippen molar-refractivity contribution in [3.8, 4) is 0 Å². The fraction of sp³-hybridized carbons (Fsp3) is 0.700. The van der Waals surface area contributed by atoms with E-state index in [0.29, 0.717) is 12.5 Å². The predicted molar refractivity (Wildman–Crippen MR) is 105 cm³/mol. The molecule has 2 fully saturated rings. The van der Waals surface area contributed by atoms with E-state index in [1.54, 1.807) is 0 Å². The maximum Gasteiger partial charge on any atom is 0.225 e. The van der Waals surface area contributed by atoms with Crippen molar-refractivity contribution in [2.24, 2.45) is 0 Å². The number of hydrogen-bond acceptors (Lipinski definition) is 5. The second kappa shape index (κ2) is 9.21. The number of hydrogen-bond donors (Lipinski definition) is 1. The van der Waals surface area contributed by atoms with Crippen molar-refractivity contribution in [3.63, 3.8) is 0 Å². The summed E-state index contributed by atoms with van der Waals surface area (Å²) in [5.74, 6) is 1.22. The summed E-state index contributed by atoms with van der Waals surface area (Å²) >= 11 is 0. The van der Waals surface area contributed by atoms with Crippen LogP contribution in [0.15, 0.2) is 18.3 Å². The number of likely N-dealkylation sites (tertiary alicyclic amines) is 1. The molecule has 1 amide bonds. The highest BCUT2D eigenvalue weighted by Crippen LogP contribution is 2.21. The maximum absolute atomic E-state index is 12.6. The number of pyridine rings is 1. The Morgan fingerprint density at radius 2 is 2.12 bits per heavy atom. The summed E-state index contributed by atoms with van der Waals surface area (Å²) in [6, 6.07) is 4.50. The molecule has 0 aromatic carbocycles. The number of nitrogens with zero attached hydrogens (tertiary/aromatic N) is 3. The lowest BCUT2D eigenvalue weighted by Gasteiger charge is -2.26. The molecule has 6 nitrogen and oxygen atoms in total. The van der Waals surface area contributed by atoms with E-state index in [-0.39, 0.29) is 12.0 Å². The molecule has 2 aliphatic heterocycles. The summed E-state index contributed by atoms with van der Waals surface area (Å²) in [6.07, 6.45) is 9.02. The molecule has 1 aromatic heterocycles. The maximum atomic E-state index is 12.6. The van der Waals surface area contributed by atoms with Crippen LogP contribution in [0.3, 0.4) is 0 Å². The molecule has 2 saturated heterocycles. The number of amides is 1. The molecule has 1 N–H and O–H groups in total. The fourth-order valence-corrected chi connectivity index (χ4v) is 3.75. The minimum Gasteiger partial charge on any atom is -0.381 e. The average molecular weight is 361 g/mol. The van der Waals surface area contributed by atoms with Crippen LogP contribution in [0.2, 0.25) is 0 Å². The third kappa shape index (κ3) is 5.34. The van der Waals surface area contributed by atoms with Crippen LogP contribution >= 0.6 is 0 Å². The van der Waals surface area contributed by atoms with Crippen LogP contribution in [0, 0.1) is 0 Å². The summed E-state index contributed by atoms with van der Waals surface area (Å²) in [6.45, 7) is 2.50. The Bertz CT molecular complexity index is 570. The first-order valence-electron chi connectivity index (χ1n) is 9.91. The summed E-state index contributed by atoms with van der Waals surface area (Å²) in [5, 5.41) is 3.58. The van der Waals surface area contributed by atoms with Crippen LogP contribution < -0.4 is 10.2 Å². The monoisotopic (exact) mass is 360 g/mol. The molecule has 0 aliphatic carbocycles. The van der Waals surface area contributed by atoms with Gasteiger partial charge < -0.3 is 19.9 Å². The predicted octanol–water partition coefficient (Wildman–Crippen LogP) is 2.90. The van der Waals surface area contributed by atoms with Gasteiger partial charge in [0.15, 0.2) is 0 Å². The van der Waals surface area contributed by atoms with Crippen LogP contribution in [0.1, 0.15) is 44.9 Å². The van der Waals surface area contributed by atoms with Gasteiger partial charge in [0.2, 0.25) is 5.91 Å². The van der Waals surface area contributed by atoms with Gasteiger partial charge in [-0.2, -0.15) is 0 Å². The molecule has 0 bridgehead atoms. The molecule has 0 saturated carbocycles. The van der Waals surface area contributed by atoms with Crippen LogP contribution in [-0.4, -0.2) is 61.7 Å². The lowest BCUT2D eigenvalue weighted by Crippen LogP contribution is -2.36. The Morgan fingerprint density at radius 3 is 2.81 bits per heavy atom. The van der Waals surface area contributed by atoms with Crippen molar-refractivity contribution in [2.75, 3.05) is 44.0 Å². The van der Waals surface area contributed by atoms with Crippen LogP contribution in [0.4, 0.5) is 11.5 Å². The number of anilines is 2. The third-order valence-electron chi connectivity index (χ3n) is 5.33. The SMILES string of the molecule is CN(C)c1ccc(N[C@@H]2CCCN(C(=O)C[C@@H]3CCCCO3)CC2)cn1. The van der Waals surface area contributed by atoms with E-state index >= 15 is 0 Å². The van der Waals surface area contributed by atoms with Crippen molar-refractivity contribution >= 4 is 17.4 Å². The van der Waals surface area contributed by atoms with Gasteiger partial charge in [-0.25, -0.2) is 4.98 Å². The van der Waals surface area contributed by atoms with Gasteiger partial charge in [-0.15, -0.1) is 0 Å². The lowest BCUT2D eigenvalue weighted by atomic mass is 10.1. The molecule has 2 aliphatic rings. The quantitative estimate of drug-likeness (QED) is 0.875. The molecule has 144 valence electrons. The third-order valence-corrected chi connectivity index (χ3v) is 5.33. The molecule has 26 heavy (non-hydrogen) atoms. The van der Waals surface area contributed by atoms with E-state index < -0.39 is 0 Å². The smallest absolute Gasteiger partial charge is 0.225 e. The zero-order valence-corrected chi connectivity index (χ0v) is 16.1. The zero-order valence-electron chi connectivity index (χ0n) is 16.1. The standard InChI is InChI=1S/C20H32N4O2/c1-23(2)19-9-8-17(15-21-19)22-16-6-5-11-24(12-10-16)20(25)14-18-7-3-4-13-26-18/h8-9,15-16,18,22H,3-7,10-14H2,1-2H3/t16-,18+/m1/s1. The normalized spacial score (nSPS) is 24.0. The summed E-state index contributed by atoms with van der Waals surface area (Å²) < 4.78 is 5.73. The molecule has 2 atom stereocenters. The van der Waals surface area contributed by atoms with Gasteiger partial charge in [-0.1, -0.05) is 0 Å². The second-order valence-corrected chi connectivity index (χ2v) is 7.65. The average Bonchev–Trinajstić information content (AvgIpc) is 2.89. The Kier molecular flexibility index (Phi) is 6.72. The molecule has 1 aromatic rings. The minimum absolute atomic E-state index is 0.134. The van der Waals surface area contributed by atoms with Crippen molar-refractivity contribution in [1.29, 1.82) is 0 Å². The van der Waals surface area contributed by atoms with Gasteiger partial charge >= 0.3 is 0 Å². The second-order valence-electron chi connectivity index (χ2n) is 7.65. The van der Waals surface area contributed by atoms with Crippen molar-refractivity contribution in [2.45, 2.75) is 57.1 Å². The molecular weight excluding hydrogens is 328 g/mol. The summed E-state index contributed by atoms with van der Waals surface area (Å²) in [7, 11) is 3.98. The number of ether oxygens (including phenoxy) is 1. The van der Waals surface area contributed by atoms with Gasteiger partial charge in [0.05, 0.1) is 24.4 Å². The van der Waals surface area contributed by atoms with Gasteiger partial charge in [0.1, 0.15) is 5.82 Å². The van der Waals surface area contributed by atoms with Gasteiger partial charge in [0, 0.05) is 39.8 Å². The Morgan fingerprint density at radius 1 is 1.23 bits per heavy atom. The molecule has 0 unspecified atom stereocenters. The lowest BCUT2D eigenvalue weighted by molar-refractivity contribution is -0.135. The van der Waals surface area contributed by atoms with Crippen molar-refractivity contribution < 1.29 is 9.53 Å². The minimum atomic E-state index is 0.134. The molecule has 3 heterocycles. The summed E-state index contributed by atoms with van der Waals surface area (Å²) in [4.78, 5) is 21.1. The van der Waals surface area contributed by atoms with E-state index in [2.05, 4.69) is 16.4 Å². The molecule has 0 radical (unpaired) electrons. The molecular formula is C20H32N4O2. The summed E-state index contributed by atoms with van der Waals surface area (Å²) in [5.41, 5.74) is 1.05. The van der Waals surface area contributed by atoms with Crippen molar-refractivity contribution in [3.05, 3.63) is 18.3 Å². The van der Waals surface area contributed by atoms with Crippen LogP contribution in [0.5, 0.6) is 0 Å². The highest BCUT2D eigenvalue weighted by molar-refractivity contribution is 5.76.